The van der Waals surface area contributed by atoms with Crippen LogP contribution in [0.15, 0.2) is 67.0 Å². The average molecular weight is 360 g/mol. The number of amides is 1. The topological polar surface area (TPSA) is 50.2 Å². The summed E-state index contributed by atoms with van der Waals surface area (Å²) in [6.07, 6.45) is 4.78. The van der Waals surface area contributed by atoms with Crippen LogP contribution in [0.2, 0.25) is 0 Å². The second kappa shape index (κ2) is 8.18. The van der Waals surface area contributed by atoms with Crippen LogP contribution in [0.3, 0.4) is 0 Å². The highest BCUT2D eigenvalue weighted by Gasteiger charge is 2.15. The summed E-state index contributed by atoms with van der Waals surface area (Å²) in [5, 5.41) is 7.24. The first-order valence-corrected chi connectivity index (χ1v) is 9.42. The van der Waals surface area contributed by atoms with Gasteiger partial charge >= 0.3 is 0 Å². The summed E-state index contributed by atoms with van der Waals surface area (Å²) in [4.78, 5) is 14.8. The molecule has 27 heavy (non-hydrogen) atoms. The van der Waals surface area contributed by atoms with Crippen LogP contribution < -0.4 is 5.32 Å². The Labute approximate surface area is 159 Å². The number of aromatic nitrogens is 2. The van der Waals surface area contributed by atoms with Gasteiger partial charge in [0, 0.05) is 44.1 Å². The highest BCUT2D eigenvalue weighted by atomic mass is 16.1. The van der Waals surface area contributed by atoms with Gasteiger partial charge in [0.2, 0.25) is 0 Å². The van der Waals surface area contributed by atoms with Gasteiger partial charge in [0.15, 0.2) is 0 Å². The molecule has 0 saturated heterocycles. The summed E-state index contributed by atoms with van der Waals surface area (Å²) in [7, 11) is 0. The molecule has 0 aliphatic carbocycles. The Kier molecular flexibility index (Phi) is 5.30. The van der Waals surface area contributed by atoms with Crippen molar-refractivity contribution < 1.29 is 4.79 Å². The Morgan fingerprint density at radius 1 is 1.04 bits per heavy atom. The summed E-state index contributed by atoms with van der Waals surface area (Å²) >= 11 is 0. The van der Waals surface area contributed by atoms with Gasteiger partial charge in [0.25, 0.3) is 5.91 Å². The number of nitrogens with one attached hydrogen (secondary N) is 1. The molecule has 0 bridgehead atoms. The fourth-order valence-electron chi connectivity index (χ4n) is 3.52. The Morgan fingerprint density at radius 2 is 1.85 bits per heavy atom. The van der Waals surface area contributed by atoms with Crippen LogP contribution in [-0.2, 0) is 19.5 Å². The molecule has 0 atom stereocenters. The van der Waals surface area contributed by atoms with E-state index < -0.39 is 0 Å². The Bertz CT molecular complexity index is 887. The van der Waals surface area contributed by atoms with Crippen molar-refractivity contribution in [1.29, 1.82) is 0 Å². The van der Waals surface area contributed by atoms with Gasteiger partial charge in [-0.15, -0.1) is 0 Å². The van der Waals surface area contributed by atoms with Gasteiger partial charge in [-0.2, -0.15) is 5.10 Å². The summed E-state index contributed by atoms with van der Waals surface area (Å²) < 4.78 is 1.87. The lowest BCUT2D eigenvalue weighted by molar-refractivity contribution is 0.0947. The van der Waals surface area contributed by atoms with E-state index in [9.17, 15) is 4.79 Å². The minimum atomic E-state index is -0.0157. The SMILES string of the molecule is O=C(NCCN1CCc2ccccc2C1)c1ccc(Cn2cccn2)cc1. The third-order valence-electron chi connectivity index (χ3n) is 5.04. The van der Waals surface area contributed by atoms with E-state index in [2.05, 4.69) is 39.6 Å². The maximum atomic E-state index is 12.4. The average Bonchev–Trinajstić information content (AvgIpc) is 3.21. The molecule has 1 aromatic heterocycles. The highest BCUT2D eigenvalue weighted by Crippen LogP contribution is 2.17. The summed E-state index contributed by atoms with van der Waals surface area (Å²) in [6, 6.07) is 18.3. The molecule has 3 aromatic rings. The fraction of sp³-hybridized carbons (Fsp3) is 0.273. The summed E-state index contributed by atoms with van der Waals surface area (Å²) in [5.74, 6) is -0.0157. The van der Waals surface area contributed by atoms with Crippen molar-refractivity contribution >= 4 is 5.91 Å². The van der Waals surface area contributed by atoms with Gasteiger partial charge in [-0.25, -0.2) is 0 Å². The third-order valence-corrected chi connectivity index (χ3v) is 5.04. The van der Waals surface area contributed by atoms with Crippen molar-refractivity contribution in [1.82, 2.24) is 20.0 Å². The molecular formula is C22H24N4O. The normalized spacial score (nSPS) is 13.9. The molecule has 138 valence electrons. The van der Waals surface area contributed by atoms with E-state index >= 15 is 0 Å². The van der Waals surface area contributed by atoms with Crippen LogP contribution in [-0.4, -0.2) is 40.2 Å². The van der Waals surface area contributed by atoms with Crippen LogP contribution >= 0.6 is 0 Å². The number of rotatable bonds is 6. The van der Waals surface area contributed by atoms with Crippen LogP contribution in [0.5, 0.6) is 0 Å². The molecule has 1 N–H and O–H groups in total. The number of nitrogens with zero attached hydrogens (tertiary/aromatic N) is 3. The predicted octanol–water partition coefficient (Wildman–Crippen LogP) is 2.72. The molecule has 1 amide bonds. The molecular weight excluding hydrogens is 336 g/mol. The smallest absolute Gasteiger partial charge is 0.251 e. The van der Waals surface area contributed by atoms with Crippen LogP contribution in [0, 0.1) is 0 Å². The largest absolute Gasteiger partial charge is 0.351 e. The predicted molar refractivity (Wildman–Crippen MR) is 106 cm³/mol. The minimum Gasteiger partial charge on any atom is -0.351 e. The van der Waals surface area contributed by atoms with Crippen molar-refractivity contribution in [3.8, 4) is 0 Å². The number of fused-ring (bicyclic) bond motifs is 1. The van der Waals surface area contributed by atoms with E-state index in [0.29, 0.717) is 18.7 Å². The lowest BCUT2D eigenvalue weighted by Gasteiger charge is -2.28. The molecule has 5 heteroatoms. The van der Waals surface area contributed by atoms with E-state index in [1.165, 1.54) is 11.1 Å². The van der Waals surface area contributed by atoms with E-state index in [1.54, 1.807) is 6.20 Å². The van der Waals surface area contributed by atoms with Crippen LogP contribution in [0.25, 0.3) is 0 Å². The molecule has 0 unspecified atom stereocenters. The number of hydrogen-bond donors (Lipinski definition) is 1. The van der Waals surface area contributed by atoms with Crippen molar-refractivity contribution in [2.24, 2.45) is 0 Å². The molecule has 0 saturated carbocycles. The standard InChI is InChI=1S/C22H24N4O/c27-22(20-8-6-18(7-9-20)16-26-13-3-11-24-26)23-12-15-25-14-10-19-4-1-2-5-21(19)17-25/h1-9,11,13H,10,12,14-17H2,(H,23,27). The van der Waals surface area contributed by atoms with Crippen molar-refractivity contribution in [2.75, 3.05) is 19.6 Å². The van der Waals surface area contributed by atoms with Gasteiger partial charge in [-0.05, 0) is 41.3 Å². The maximum absolute atomic E-state index is 12.4. The molecule has 5 nitrogen and oxygen atoms in total. The third kappa shape index (κ3) is 4.44. The van der Waals surface area contributed by atoms with E-state index in [0.717, 1.165) is 31.6 Å². The zero-order valence-electron chi connectivity index (χ0n) is 15.3. The molecule has 0 spiro atoms. The summed E-state index contributed by atoms with van der Waals surface area (Å²) in [6.45, 7) is 4.27. The molecule has 1 aliphatic rings. The second-order valence-electron chi connectivity index (χ2n) is 6.95. The van der Waals surface area contributed by atoms with Crippen molar-refractivity contribution in [3.05, 3.63) is 89.2 Å². The molecule has 4 rings (SSSR count). The lowest BCUT2D eigenvalue weighted by Crippen LogP contribution is -2.37. The molecule has 2 aromatic carbocycles. The van der Waals surface area contributed by atoms with Crippen molar-refractivity contribution in [3.63, 3.8) is 0 Å². The summed E-state index contributed by atoms with van der Waals surface area (Å²) in [5.41, 5.74) is 4.68. The van der Waals surface area contributed by atoms with Crippen LogP contribution in [0.4, 0.5) is 0 Å². The zero-order valence-corrected chi connectivity index (χ0v) is 15.3. The quantitative estimate of drug-likeness (QED) is 0.735. The first kappa shape index (κ1) is 17.5. The fourth-order valence-corrected chi connectivity index (χ4v) is 3.52. The van der Waals surface area contributed by atoms with E-state index in [4.69, 9.17) is 0 Å². The lowest BCUT2D eigenvalue weighted by atomic mass is 10.00. The molecule has 2 heterocycles. The van der Waals surface area contributed by atoms with Gasteiger partial charge < -0.3 is 5.32 Å². The van der Waals surface area contributed by atoms with Gasteiger partial charge in [-0.1, -0.05) is 36.4 Å². The van der Waals surface area contributed by atoms with E-state index in [-0.39, 0.29) is 5.91 Å². The monoisotopic (exact) mass is 360 g/mol. The molecule has 0 fully saturated rings. The minimum absolute atomic E-state index is 0.0157. The highest BCUT2D eigenvalue weighted by molar-refractivity contribution is 5.94. The van der Waals surface area contributed by atoms with Gasteiger partial charge in [0.1, 0.15) is 0 Å². The van der Waals surface area contributed by atoms with Gasteiger partial charge in [-0.3, -0.25) is 14.4 Å². The Hall–Kier alpha value is -2.92. The Morgan fingerprint density at radius 3 is 2.63 bits per heavy atom. The number of hydrogen-bond acceptors (Lipinski definition) is 3. The first-order valence-electron chi connectivity index (χ1n) is 9.42. The van der Waals surface area contributed by atoms with Gasteiger partial charge in [0.05, 0.1) is 6.54 Å². The molecule has 1 aliphatic heterocycles. The number of carbonyl (C=O) groups is 1. The number of benzene rings is 2. The zero-order chi connectivity index (χ0) is 18.5. The Balaban J connectivity index is 1.25. The van der Waals surface area contributed by atoms with Crippen molar-refractivity contribution in [2.45, 2.75) is 19.5 Å². The van der Waals surface area contributed by atoms with E-state index in [1.807, 2.05) is 41.2 Å². The first-order chi connectivity index (χ1) is 13.3. The van der Waals surface area contributed by atoms with Crippen LogP contribution in [0.1, 0.15) is 27.0 Å². The number of carbonyl (C=O) groups excluding carboxylic acids is 1. The maximum Gasteiger partial charge on any atom is 0.251 e. The molecule has 0 radical (unpaired) electrons. The second-order valence-corrected chi connectivity index (χ2v) is 6.95.